The Labute approximate surface area is 102 Å². The number of hydrogen-bond acceptors (Lipinski definition) is 3. The third kappa shape index (κ3) is 6.71. The Morgan fingerprint density at radius 3 is 2.71 bits per heavy atom. The zero-order valence-corrected chi connectivity index (χ0v) is 10.2. The molecule has 0 aliphatic rings. The van der Waals surface area contributed by atoms with E-state index in [0.29, 0.717) is 19.7 Å². The summed E-state index contributed by atoms with van der Waals surface area (Å²) < 4.78 is 4.84. The molecule has 1 aromatic carbocycles. The molecular formula is C13H20N2O2. The van der Waals surface area contributed by atoms with E-state index in [9.17, 15) is 4.79 Å². The predicted octanol–water partition coefficient (Wildman–Crippen LogP) is 0.581. The van der Waals surface area contributed by atoms with Crippen molar-refractivity contribution < 1.29 is 9.53 Å². The smallest absolute Gasteiger partial charge is 0.234 e. The second kappa shape index (κ2) is 8.73. The molecule has 0 saturated carbocycles. The number of carbonyl (C=O) groups is 1. The average Bonchev–Trinajstić information content (AvgIpc) is 2.36. The lowest BCUT2D eigenvalue weighted by Gasteiger charge is -2.06. The van der Waals surface area contributed by atoms with E-state index < -0.39 is 0 Å². The summed E-state index contributed by atoms with van der Waals surface area (Å²) in [4.78, 5) is 11.3. The quantitative estimate of drug-likeness (QED) is 0.649. The Balaban J connectivity index is 2.02. The summed E-state index contributed by atoms with van der Waals surface area (Å²) >= 11 is 0. The number of hydrogen-bond donors (Lipinski definition) is 2. The molecule has 4 nitrogen and oxygen atoms in total. The van der Waals surface area contributed by atoms with E-state index in [1.807, 2.05) is 18.2 Å². The Morgan fingerprint density at radius 2 is 2.00 bits per heavy atom. The maximum absolute atomic E-state index is 11.3. The maximum Gasteiger partial charge on any atom is 0.234 e. The van der Waals surface area contributed by atoms with E-state index in [0.717, 1.165) is 13.0 Å². The molecule has 0 aromatic heterocycles. The zero-order valence-electron chi connectivity index (χ0n) is 10.2. The molecule has 0 heterocycles. The van der Waals surface area contributed by atoms with Crippen molar-refractivity contribution in [2.75, 3.05) is 33.4 Å². The molecule has 4 heteroatoms. The molecule has 0 aliphatic heterocycles. The summed E-state index contributed by atoms with van der Waals surface area (Å²) in [6.07, 6.45) is 0.937. The fourth-order valence-electron chi connectivity index (χ4n) is 1.43. The van der Waals surface area contributed by atoms with Crippen LogP contribution in [0.1, 0.15) is 5.56 Å². The summed E-state index contributed by atoms with van der Waals surface area (Å²) in [5.74, 6) is 0.00936. The molecule has 1 aromatic rings. The van der Waals surface area contributed by atoms with Gasteiger partial charge in [-0.1, -0.05) is 30.3 Å². The summed E-state index contributed by atoms with van der Waals surface area (Å²) in [6, 6.07) is 10.2. The Morgan fingerprint density at radius 1 is 1.24 bits per heavy atom. The van der Waals surface area contributed by atoms with Gasteiger partial charge in [-0.2, -0.15) is 0 Å². The molecule has 2 N–H and O–H groups in total. The van der Waals surface area contributed by atoms with Crippen molar-refractivity contribution in [3.05, 3.63) is 35.9 Å². The summed E-state index contributed by atoms with van der Waals surface area (Å²) in [5.41, 5.74) is 1.28. The molecule has 0 unspecified atom stereocenters. The second-order valence-corrected chi connectivity index (χ2v) is 3.76. The van der Waals surface area contributed by atoms with Gasteiger partial charge < -0.3 is 15.4 Å². The molecule has 0 spiro atoms. The van der Waals surface area contributed by atoms with Crippen molar-refractivity contribution >= 4 is 5.91 Å². The number of amides is 1. The van der Waals surface area contributed by atoms with Crippen LogP contribution in [-0.4, -0.2) is 39.3 Å². The van der Waals surface area contributed by atoms with Crippen LogP contribution < -0.4 is 10.6 Å². The SMILES string of the molecule is COCCNC(=O)CNCCc1ccccc1. The summed E-state index contributed by atoms with van der Waals surface area (Å²) in [7, 11) is 1.62. The lowest BCUT2D eigenvalue weighted by atomic mass is 10.1. The predicted molar refractivity (Wildman–Crippen MR) is 67.9 cm³/mol. The first kappa shape index (κ1) is 13.7. The van der Waals surface area contributed by atoms with Crippen molar-refractivity contribution in [2.45, 2.75) is 6.42 Å². The van der Waals surface area contributed by atoms with Gasteiger partial charge >= 0.3 is 0 Å². The van der Waals surface area contributed by atoms with Crippen LogP contribution in [0.5, 0.6) is 0 Å². The van der Waals surface area contributed by atoms with Gasteiger partial charge in [0.2, 0.25) is 5.91 Å². The van der Waals surface area contributed by atoms with Gasteiger partial charge in [-0.05, 0) is 18.5 Å². The molecule has 94 valence electrons. The molecule has 1 rings (SSSR count). The first-order chi connectivity index (χ1) is 8.33. The molecule has 0 aliphatic carbocycles. The minimum atomic E-state index is 0.00936. The highest BCUT2D eigenvalue weighted by Gasteiger charge is 1.99. The molecule has 1 amide bonds. The molecule has 0 atom stereocenters. The highest BCUT2D eigenvalue weighted by atomic mass is 16.5. The Hall–Kier alpha value is -1.39. The molecule has 0 bridgehead atoms. The number of nitrogens with one attached hydrogen (secondary N) is 2. The second-order valence-electron chi connectivity index (χ2n) is 3.76. The lowest BCUT2D eigenvalue weighted by molar-refractivity contribution is -0.120. The molecule has 0 fully saturated rings. The summed E-state index contributed by atoms with van der Waals surface area (Å²) in [5, 5.41) is 5.86. The van der Waals surface area contributed by atoms with Crippen LogP contribution >= 0.6 is 0 Å². The van der Waals surface area contributed by atoms with Gasteiger partial charge in [-0.15, -0.1) is 0 Å². The van der Waals surface area contributed by atoms with Crippen LogP contribution in [0.15, 0.2) is 30.3 Å². The monoisotopic (exact) mass is 236 g/mol. The van der Waals surface area contributed by atoms with Crippen molar-refractivity contribution in [1.82, 2.24) is 10.6 Å². The normalized spacial score (nSPS) is 10.2. The van der Waals surface area contributed by atoms with Crippen LogP contribution in [0.4, 0.5) is 0 Å². The minimum Gasteiger partial charge on any atom is -0.383 e. The van der Waals surface area contributed by atoms with Gasteiger partial charge in [0, 0.05) is 13.7 Å². The van der Waals surface area contributed by atoms with Gasteiger partial charge in [0.1, 0.15) is 0 Å². The minimum absolute atomic E-state index is 0.00936. The van der Waals surface area contributed by atoms with Crippen LogP contribution in [0.2, 0.25) is 0 Å². The third-order valence-corrected chi connectivity index (χ3v) is 2.35. The number of carbonyl (C=O) groups excluding carboxylic acids is 1. The summed E-state index contributed by atoms with van der Waals surface area (Å²) in [6.45, 7) is 2.28. The Bertz CT molecular complexity index is 314. The largest absolute Gasteiger partial charge is 0.383 e. The van der Waals surface area contributed by atoms with Gasteiger partial charge in [0.25, 0.3) is 0 Å². The van der Waals surface area contributed by atoms with Crippen molar-refractivity contribution in [2.24, 2.45) is 0 Å². The number of benzene rings is 1. The standard InChI is InChI=1S/C13H20N2O2/c1-17-10-9-15-13(16)11-14-8-7-12-5-3-2-4-6-12/h2-6,14H,7-11H2,1H3,(H,15,16). The third-order valence-electron chi connectivity index (χ3n) is 2.35. The van der Waals surface area contributed by atoms with Gasteiger partial charge in [-0.25, -0.2) is 0 Å². The zero-order chi connectivity index (χ0) is 12.3. The molecule has 17 heavy (non-hydrogen) atoms. The maximum atomic E-state index is 11.3. The highest BCUT2D eigenvalue weighted by molar-refractivity contribution is 5.77. The van der Waals surface area contributed by atoms with Gasteiger partial charge in [-0.3, -0.25) is 4.79 Å². The van der Waals surface area contributed by atoms with Gasteiger partial charge in [0.05, 0.1) is 13.2 Å². The van der Waals surface area contributed by atoms with Crippen molar-refractivity contribution in [3.63, 3.8) is 0 Å². The van der Waals surface area contributed by atoms with Crippen LogP contribution in [-0.2, 0) is 16.0 Å². The molecular weight excluding hydrogens is 216 g/mol. The van der Waals surface area contributed by atoms with E-state index in [4.69, 9.17) is 4.74 Å². The van der Waals surface area contributed by atoms with Gasteiger partial charge in [0.15, 0.2) is 0 Å². The highest BCUT2D eigenvalue weighted by Crippen LogP contribution is 1.97. The first-order valence-corrected chi connectivity index (χ1v) is 5.83. The first-order valence-electron chi connectivity index (χ1n) is 5.83. The van der Waals surface area contributed by atoms with E-state index in [1.54, 1.807) is 7.11 Å². The van der Waals surface area contributed by atoms with Crippen molar-refractivity contribution in [1.29, 1.82) is 0 Å². The fourth-order valence-corrected chi connectivity index (χ4v) is 1.43. The number of methoxy groups -OCH3 is 1. The van der Waals surface area contributed by atoms with E-state index in [2.05, 4.69) is 22.8 Å². The van der Waals surface area contributed by atoms with Crippen molar-refractivity contribution in [3.8, 4) is 0 Å². The van der Waals surface area contributed by atoms with Crippen LogP contribution in [0, 0.1) is 0 Å². The van der Waals surface area contributed by atoms with Crippen LogP contribution in [0.3, 0.4) is 0 Å². The average molecular weight is 236 g/mol. The number of ether oxygens (including phenoxy) is 1. The van der Waals surface area contributed by atoms with E-state index >= 15 is 0 Å². The Kier molecular flexibility index (Phi) is 7.02. The van der Waals surface area contributed by atoms with E-state index in [-0.39, 0.29) is 5.91 Å². The lowest BCUT2D eigenvalue weighted by Crippen LogP contribution is -2.36. The van der Waals surface area contributed by atoms with Crippen LogP contribution in [0.25, 0.3) is 0 Å². The number of rotatable bonds is 8. The molecule has 0 radical (unpaired) electrons. The topological polar surface area (TPSA) is 50.4 Å². The fraction of sp³-hybridized carbons (Fsp3) is 0.462. The van der Waals surface area contributed by atoms with E-state index in [1.165, 1.54) is 5.56 Å². The molecule has 0 saturated heterocycles.